The van der Waals surface area contributed by atoms with Crippen LogP contribution in [0.4, 0.5) is 0 Å². The summed E-state index contributed by atoms with van der Waals surface area (Å²) in [6.07, 6.45) is 3.92. The number of rotatable bonds is 10. The molecular weight excluding hydrogens is 296 g/mol. The lowest BCUT2D eigenvalue weighted by Gasteiger charge is -2.06. The highest BCUT2D eigenvalue weighted by Gasteiger charge is 1.98. The first-order valence-electron chi connectivity index (χ1n) is 8.04. The molecule has 124 valence electrons. The summed E-state index contributed by atoms with van der Waals surface area (Å²) in [5.41, 5.74) is 4.20. The van der Waals surface area contributed by atoms with Crippen LogP contribution < -0.4 is 0 Å². The average molecular weight is 320 g/mol. The molecule has 0 radical (unpaired) electrons. The van der Waals surface area contributed by atoms with Crippen molar-refractivity contribution in [3.63, 3.8) is 0 Å². The van der Waals surface area contributed by atoms with Crippen molar-refractivity contribution < 1.29 is 9.47 Å². The minimum atomic E-state index is 0.528. The Bertz CT molecular complexity index is 597. The number of hydrogen-bond donors (Lipinski definition) is 0. The van der Waals surface area contributed by atoms with Crippen molar-refractivity contribution >= 4 is 11.1 Å². The maximum atomic E-state index is 5.59. The summed E-state index contributed by atoms with van der Waals surface area (Å²) in [4.78, 5) is 0. The van der Waals surface area contributed by atoms with Crippen LogP contribution in [0.5, 0.6) is 0 Å². The molecule has 2 heteroatoms. The van der Waals surface area contributed by atoms with E-state index in [1.807, 2.05) is 72.8 Å². The molecule has 24 heavy (non-hydrogen) atoms. The van der Waals surface area contributed by atoms with Crippen molar-refractivity contribution in [1.29, 1.82) is 0 Å². The standard InChI is InChI=1S/C22H24O2/c1-19(21-11-5-3-6-12-21)17-23-15-9-10-16-24-18-20(2)22-13-7-4-8-14-22/h3-14H,1-2,15-18H2/b10-9+. The third-order valence-electron chi connectivity index (χ3n) is 3.51. The van der Waals surface area contributed by atoms with Gasteiger partial charge in [0.2, 0.25) is 0 Å². The predicted molar refractivity (Wildman–Crippen MR) is 102 cm³/mol. The van der Waals surface area contributed by atoms with Gasteiger partial charge in [-0.3, -0.25) is 0 Å². The average Bonchev–Trinajstić information content (AvgIpc) is 2.65. The van der Waals surface area contributed by atoms with Crippen molar-refractivity contribution in [2.24, 2.45) is 0 Å². The van der Waals surface area contributed by atoms with Crippen LogP contribution >= 0.6 is 0 Å². The van der Waals surface area contributed by atoms with Crippen LogP contribution in [-0.2, 0) is 9.47 Å². The summed E-state index contributed by atoms with van der Waals surface area (Å²) in [5.74, 6) is 0. The van der Waals surface area contributed by atoms with Crippen molar-refractivity contribution in [3.8, 4) is 0 Å². The molecule has 0 fully saturated rings. The predicted octanol–water partition coefficient (Wildman–Crippen LogP) is 5.00. The van der Waals surface area contributed by atoms with Gasteiger partial charge in [0.05, 0.1) is 26.4 Å². The van der Waals surface area contributed by atoms with Gasteiger partial charge < -0.3 is 9.47 Å². The zero-order valence-electron chi connectivity index (χ0n) is 14.0. The van der Waals surface area contributed by atoms with Gasteiger partial charge in [0, 0.05) is 0 Å². The number of benzene rings is 2. The first-order valence-corrected chi connectivity index (χ1v) is 8.04. The third kappa shape index (κ3) is 6.37. The highest BCUT2D eigenvalue weighted by Crippen LogP contribution is 2.12. The van der Waals surface area contributed by atoms with E-state index in [-0.39, 0.29) is 0 Å². The van der Waals surface area contributed by atoms with E-state index in [0.29, 0.717) is 26.4 Å². The van der Waals surface area contributed by atoms with Crippen LogP contribution in [-0.4, -0.2) is 26.4 Å². The molecule has 2 nitrogen and oxygen atoms in total. The Balaban J connectivity index is 1.55. The lowest BCUT2D eigenvalue weighted by Crippen LogP contribution is -1.99. The van der Waals surface area contributed by atoms with Crippen molar-refractivity contribution in [3.05, 3.63) is 97.1 Å². The van der Waals surface area contributed by atoms with Gasteiger partial charge in [-0.2, -0.15) is 0 Å². The van der Waals surface area contributed by atoms with Crippen LogP contribution in [0.25, 0.3) is 11.1 Å². The summed E-state index contributed by atoms with van der Waals surface area (Å²) in [5, 5.41) is 0. The summed E-state index contributed by atoms with van der Waals surface area (Å²) >= 11 is 0. The molecule has 0 aliphatic carbocycles. The van der Waals surface area contributed by atoms with Crippen LogP contribution in [0.3, 0.4) is 0 Å². The summed E-state index contributed by atoms with van der Waals surface area (Å²) < 4.78 is 11.2. The van der Waals surface area contributed by atoms with Gasteiger partial charge in [-0.25, -0.2) is 0 Å². The topological polar surface area (TPSA) is 18.5 Å². The molecule has 0 unspecified atom stereocenters. The monoisotopic (exact) mass is 320 g/mol. The summed E-state index contributed by atoms with van der Waals surface area (Å²) in [6, 6.07) is 20.1. The maximum absolute atomic E-state index is 5.59. The second-order valence-electron chi connectivity index (χ2n) is 5.44. The minimum absolute atomic E-state index is 0.528. The molecule has 0 aliphatic heterocycles. The van der Waals surface area contributed by atoms with Gasteiger partial charge in [0.15, 0.2) is 0 Å². The highest BCUT2D eigenvalue weighted by atomic mass is 16.5. The molecule has 0 N–H and O–H groups in total. The third-order valence-corrected chi connectivity index (χ3v) is 3.51. The molecule has 2 rings (SSSR count). The van der Waals surface area contributed by atoms with Crippen LogP contribution in [0.15, 0.2) is 86.0 Å². The molecular formula is C22H24O2. The Morgan fingerprint density at radius 3 is 1.42 bits per heavy atom. The maximum Gasteiger partial charge on any atom is 0.0721 e. The number of hydrogen-bond acceptors (Lipinski definition) is 2. The largest absolute Gasteiger partial charge is 0.373 e. The lowest BCUT2D eigenvalue weighted by molar-refractivity contribution is 0.190. The van der Waals surface area contributed by atoms with E-state index in [2.05, 4.69) is 13.2 Å². The SMILES string of the molecule is C=C(COC/C=C/COCC(=C)c1ccccc1)c1ccccc1. The molecule has 0 spiro atoms. The zero-order chi connectivity index (χ0) is 17.0. The first kappa shape index (κ1) is 17.9. The van der Waals surface area contributed by atoms with E-state index in [0.717, 1.165) is 22.3 Å². The number of ether oxygens (including phenoxy) is 2. The highest BCUT2D eigenvalue weighted by molar-refractivity contribution is 5.64. The molecule has 2 aromatic rings. The second-order valence-corrected chi connectivity index (χ2v) is 5.44. The van der Waals surface area contributed by atoms with Crippen molar-refractivity contribution in [2.45, 2.75) is 0 Å². The zero-order valence-corrected chi connectivity index (χ0v) is 14.0. The van der Waals surface area contributed by atoms with E-state index >= 15 is 0 Å². The van der Waals surface area contributed by atoms with Crippen molar-refractivity contribution in [1.82, 2.24) is 0 Å². The fourth-order valence-electron chi connectivity index (χ4n) is 2.15. The summed E-state index contributed by atoms with van der Waals surface area (Å²) in [7, 11) is 0. The van der Waals surface area contributed by atoms with Crippen molar-refractivity contribution in [2.75, 3.05) is 26.4 Å². The lowest BCUT2D eigenvalue weighted by atomic mass is 10.1. The van der Waals surface area contributed by atoms with Crippen LogP contribution in [0.1, 0.15) is 11.1 Å². The Morgan fingerprint density at radius 1 is 0.667 bits per heavy atom. The fourth-order valence-corrected chi connectivity index (χ4v) is 2.15. The molecule has 0 saturated heterocycles. The molecule has 0 heterocycles. The van der Waals surface area contributed by atoms with E-state index in [1.54, 1.807) is 0 Å². The quantitative estimate of drug-likeness (QED) is 0.453. The molecule has 0 aromatic heterocycles. The molecule has 0 saturated carbocycles. The Hall–Kier alpha value is -2.42. The fraction of sp³-hybridized carbons (Fsp3) is 0.182. The van der Waals surface area contributed by atoms with E-state index in [9.17, 15) is 0 Å². The van der Waals surface area contributed by atoms with E-state index in [1.165, 1.54) is 0 Å². The van der Waals surface area contributed by atoms with Crippen LogP contribution in [0.2, 0.25) is 0 Å². The second kappa shape index (κ2) is 10.4. The molecule has 0 amide bonds. The normalized spacial score (nSPS) is 10.8. The Morgan fingerprint density at radius 2 is 1.04 bits per heavy atom. The van der Waals surface area contributed by atoms with E-state index in [4.69, 9.17) is 9.47 Å². The molecule has 0 bridgehead atoms. The molecule has 0 aliphatic rings. The minimum Gasteiger partial charge on any atom is -0.373 e. The molecule has 0 atom stereocenters. The van der Waals surface area contributed by atoms with Gasteiger partial charge in [0.1, 0.15) is 0 Å². The van der Waals surface area contributed by atoms with Crippen LogP contribution in [0, 0.1) is 0 Å². The smallest absolute Gasteiger partial charge is 0.0721 e. The van der Waals surface area contributed by atoms with Gasteiger partial charge in [-0.1, -0.05) is 86.0 Å². The Kier molecular flexibility index (Phi) is 7.75. The van der Waals surface area contributed by atoms with Gasteiger partial charge >= 0.3 is 0 Å². The van der Waals surface area contributed by atoms with Gasteiger partial charge in [-0.05, 0) is 22.3 Å². The van der Waals surface area contributed by atoms with E-state index < -0.39 is 0 Å². The van der Waals surface area contributed by atoms with Gasteiger partial charge in [0.25, 0.3) is 0 Å². The molecule has 2 aromatic carbocycles. The summed E-state index contributed by atoms with van der Waals surface area (Å²) in [6.45, 7) is 10.2. The first-order chi connectivity index (χ1) is 11.8. The Labute approximate surface area is 144 Å². The van der Waals surface area contributed by atoms with Gasteiger partial charge in [-0.15, -0.1) is 0 Å².